The van der Waals surface area contributed by atoms with Gasteiger partial charge in [0.1, 0.15) is 17.3 Å². The lowest BCUT2D eigenvalue weighted by Crippen LogP contribution is -2.52. The van der Waals surface area contributed by atoms with E-state index >= 15 is 0 Å². The molecule has 1 aromatic heterocycles. The Morgan fingerprint density at radius 2 is 1.58 bits per heavy atom. The minimum Gasteiger partial charge on any atom is -0.506 e. The fraction of sp³-hybridized carbons (Fsp3) is 0.292. The molecule has 0 bridgehead atoms. The van der Waals surface area contributed by atoms with Gasteiger partial charge in [0.2, 0.25) is 11.6 Å². The van der Waals surface area contributed by atoms with Crippen LogP contribution in [0.1, 0.15) is 55.1 Å². The van der Waals surface area contributed by atoms with Gasteiger partial charge in [-0.1, -0.05) is 24.3 Å². The second-order valence-electron chi connectivity index (χ2n) is 8.67. The van der Waals surface area contributed by atoms with Crippen molar-refractivity contribution in [1.29, 1.82) is 0 Å². The first-order valence-corrected chi connectivity index (χ1v) is 12.8. The van der Waals surface area contributed by atoms with E-state index in [2.05, 4.69) is 5.32 Å². The highest BCUT2D eigenvalue weighted by atomic mass is 32.2. The Labute approximate surface area is 206 Å². The molecular formula is C24H24N2O9S. The van der Waals surface area contributed by atoms with Crippen molar-refractivity contribution in [2.75, 3.05) is 25.9 Å². The summed E-state index contributed by atoms with van der Waals surface area (Å²) in [4.78, 5) is 41.7. The van der Waals surface area contributed by atoms with E-state index in [1.165, 1.54) is 6.92 Å². The van der Waals surface area contributed by atoms with Crippen LogP contribution in [0.4, 0.5) is 0 Å². The summed E-state index contributed by atoms with van der Waals surface area (Å²) < 4.78 is 31.5. The normalized spacial score (nSPS) is 17.3. The van der Waals surface area contributed by atoms with Crippen molar-refractivity contribution in [3.8, 4) is 11.5 Å². The molecule has 36 heavy (non-hydrogen) atoms. The number of nitrogens with one attached hydrogen (secondary N) is 1. The van der Waals surface area contributed by atoms with Gasteiger partial charge in [0.25, 0.3) is 16.0 Å². The fourth-order valence-electron chi connectivity index (χ4n) is 4.55. The van der Waals surface area contributed by atoms with Gasteiger partial charge in [-0.15, -0.1) is 0 Å². The van der Waals surface area contributed by atoms with Crippen molar-refractivity contribution in [2.24, 2.45) is 0 Å². The van der Waals surface area contributed by atoms with Gasteiger partial charge in [-0.05, 0) is 13.8 Å². The molecule has 3 aromatic rings. The summed E-state index contributed by atoms with van der Waals surface area (Å²) in [6, 6.07) is 6.29. The molecule has 0 saturated carbocycles. The third-order valence-electron chi connectivity index (χ3n) is 6.11. The Morgan fingerprint density at radius 3 is 2.11 bits per heavy atom. The van der Waals surface area contributed by atoms with E-state index in [1.807, 2.05) is 6.92 Å². The molecule has 4 N–H and O–H groups in total. The molecule has 1 atom stereocenters. The van der Waals surface area contributed by atoms with Crippen LogP contribution in [0.2, 0.25) is 0 Å². The maximum absolute atomic E-state index is 13.5. The Bertz CT molecular complexity index is 1530. The number of hydrogen-bond acceptors (Lipinski definition) is 9. The van der Waals surface area contributed by atoms with Crippen LogP contribution in [0.5, 0.6) is 11.5 Å². The minimum atomic E-state index is -3.67. The summed E-state index contributed by atoms with van der Waals surface area (Å²) in [5, 5.41) is 25.3. The van der Waals surface area contributed by atoms with E-state index in [9.17, 15) is 33.0 Å². The Hall–Kier alpha value is -3.74. The molecule has 11 nitrogen and oxygen atoms in total. The molecule has 2 heterocycles. The number of furan rings is 1. The van der Waals surface area contributed by atoms with Crippen molar-refractivity contribution in [3.05, 3.63) is 58.0 Å². The van der Waals surface area contributed by atoms with Gasteiger partial charge in [-0.2, -0.15) is 8.42 Å². The number of carbonyl (C=O) groups excluding carboxylic acids is 3. The molecule has 12 heteroatoms. The largest absolute Gasteiger partial charge is 0.506 e. The number of amides is 1. The molecule has 0 spiro atoms. The van der Waals surface area contributed by atoms with Crippen molar-refractivity contribution in [1.82, 2.24) is 10.2 Å². The van der Waals surface area contributed by atoms with Gasteiger partial charge in [-0.3, -0.25) is 18.9 Å². The average molecular weight is 517 g/mol. The highest BCUT2D eigenvalue weighted by Gasteiger charge is 2.43. The van der Waals surface area contributed by atoms with Gasteiger partial charge < -0.3 is 24.8 Å². The van der Waals surface area contributed by atoms with Gasteiger partial charge in [0, 0.05) is 36.4 Å². The Balaban J connectivity index is 0.000000556. The summed E-state index contributed by atoms with van der Waals surface area (Å²) in [5.74, 6) is -2.79. The van der Waals surface area contributed by atoms with Gasteiger partial charge in [0.15, 0.2) is 5.76 Å². The number of fused-ring (bicyclic) bond motifs is 3. The van der Waals surface area contributed by atoms with Crippen LogP contribution in [0.25, 0.3) is 10.8 Å². The first kappa shape index (κ1) is 25.4. The number of aromatic hydroxyl groups is 2. The lowest BCUT2D eigenvalue weighted by Gasteiger charge is -2.34. The maximum Gasteiger partial charge on any atom is 0.261 e. The number of carbonyl (C=O) groups is 3. The number of aryl methyl sites for hydroxylation is 1. The second-order valence-corrected chi connectivity index (χ2v) is 10.1. The van der Waals surface area contributed by atoms with Crippen LogP contribution in [0.15, 0.2) is 28.7 Å². The topological polar surface area (TPSA) is 174 Å². The first-order valence-electron chi connectivity index (χ1n) is 11.0. The molecule has 5 rings (SSSR count). The maximum atomic E-state index is 13.5. The van der Waals surface area contributed by atoms with E-state index < -0.39 is 39.1 Å². The highest BCUT2D eigenvalue weighted by molar-refractivity contribution is 7.85. The molecular weight excluding hydrogens is 492 g/mol. The van der Waals surface area contributed by atoms with E-state index in [0.29, 0.717) is 25.9 Å². The number of phenolic OH excluding ortho intramolecular Hbond substituents is 2. The summed E-state index contributed by atoms with van der Waals surface area (Å²) in [7, 11) is -3.67. The molecule has 1 aliphatic carbocycles. The number of rotatable bonds is 1. The molecule has 1 unspecified atom stereocenters. The SMILES string of the molecule is CS(=O)(=O)O.Cc1oc2c(c1C(=O)N1CCNCC1C)C(=O)c1c(c(O)c3ccccc3c1O)C2=O. The average Bonchev–Trinajstić information content (AvgIpc) is 3.16. The third-order valence-corrected chi connectivity index (χ3v) is 6.11. The Kier molecular flexibility index (Phi) is 6.37. The number of phenols is 2. The first-order chi connectivity index (χ1) is 16.8. The van der Waals surface area contributed by atoms with Crippen LogP contribution in [0, 0.1) is 6.92 Å². The standard InChI is InChI=1S/C23H20N2O6.CH4O3S/c1-10-9-24-7-8-25(10)23(30)14-11(2)31-22-17(14)20(28)15-16(21(22)29)19(27)13-6-4-3-5-12(13)18(15)26;1-5(2,3)4/h3-6,10,24,26-27H,7-9H2,1-2H3;1H3,(H,2,3,4). The predicted molar refractivity (Wildman–Crippen MR) is 128 cm³/mol. The summed E-state index contributed by atoms with van der Waals surface area (Å²) in [6.45, 7) is 5.10. The number of nitrogens with zero attached hydrogens (tertiary/aromatic N) is 1. The van der Waals surface area contributed by atoms with Crippen LogP contribution >= 0.6 is 0 Å². The van der Waals surface area contributed by atoms with E-state index in [0.717, 1.165) is 0 Å². The molecule has 1 saturated heterocycles. The zero-order chi connectivity index (χ0) is 26.5. The predicted octanol–water partition coefficient (Wildman–Crippen LogP) is 1.87. The van der Waals surface area contributed by atoms with Crippen LogP contribution in [0.3, 0.4) is 0 Å². The lowest BCUT2D eigenvalue weighted by molar-refractivity contribution is 0.0651. The van der Waals surface area contributed by atoms with Gasteiger partial charge >= 0.3 is 0 Å². The quantitative estimate of drug-likeness (QED) is 0.216. The molecule has 0 radical (unpaired) electrons. The van der Waals surface area contributed by atoms with Crippen LogP contribution in [-0.2, 0) is 10.1 Å². The van der Waals surface area contributed by atoms with E-state index in [4.69, 9.17) is 8.97 Å². The van der Waals surface area contributed by atoms with Crippen molar-refractivity contribution < 1.29 is 42.0 Å². The van der Waals surface area contributed by atoms with Crippen LogP contribution in [-0.4, -0.2) is 77.5 Å². The van der Waals surface area contributed by atoms with Gasteiger partial charge in [-0.25, -0.2) is 0 Å². The number of ketones is 2. The second kappa shape index (κ2) is 9.04. The lowest BCUT2D eigenvalue weighted by atomic mass is 9.83. The van der Waals surface area contributed by atoms with Crippen LogP contribution < -0.4 is 5.32 Å². The fourth-order valence-corrected chi connectivity index (χ4v) is 4.55. The van der Waals surface area contributed by atoms with Crippen molar-refractivity contribution >= 4 is 38.4 Å². The molecule has 2 aliphatic rings. The van der Waals surface area contributed by atoms with E-state index in [-0.39, 0.29) is 50.6 Å². The molecule has 1 fully saturated rings. The monoisotopic (exact) mass is 516 g/mol. The zero-order valence-electron chi connectivity index (χ0n) is 19.7. The molecule has 1 aliphatic heterocycles. The number of benzene rings is 2. The van der Waals surface area contributed by atoms with E-state index in [1.54, 1.807) is 29.2 Å². The molecule has 1 amide bonds. The zero-order valence-corrected chi connectivity index (χ0v) is 20.5. The summed E-state index contributed by atoms with van der Waals surface area (Å²) >= 11 is 0. The number of hydrogen-bond donors (Lipinski definition) is 4. The minimum absolute atomic E-state index is 0.0276. The van der Waals surface area contributed by atoms with Crippen molar-refractivity contribution in [3.63, 3.8) is 0 Å². The highest BCUT2D eigenvalue weighted by Crippen LogP contribution is 2.45. The molecule has 190 valence electrons. The molecule has 2 aromatic carbocycles. The summed E-state index contributed by atoms with van der Waals surface area (Å²) in [5.41, 5.74) is -0.746. The number of piperazine rings is 1. The Morgan fingerprint density at radius 1 is 1.06 bits per heavy atom. The van der Waals surface area contributed by atoms with Gasteiger partial charge in [0.05, 0.1) is 28.5 Å². The van der Waals surface area contributed by atoms with Crippen molar-refractivity contribution in [2.45, 2.75) is 19.9 Å². The summed E-state index contributed by atoms with van der Waals surface area (Å²) in [6.07, 6.45) is 0.715. The smallest absolute Gasteiger partial charge is 0.261 e. The third kappa shape index (κ3) is 4.23.